The zero-order valence-electron chi connectivity index (χ0n) is 17.9. The molecule has 1 heterocycles. The summed E-state index contributed by atoms with van der Waals surface area (Å²) in [4.78, 5) is 25.7. The predicted molar refractivity (Wildman–Crippen MR) is 118 cm³/mol. The Kier molecular flexibility index (Phi) is 5.64. The summed E-state index contributed by atoms with van der Waals surface area (Å²) in [6.45, 7) is 9.32. The maximum absolute atomic E-state index is 12.9. The van der Waals surface area contributed by atoms with Crippen LogP contribution in [0.3, 0.4) is 0 Å². The van der Waals surface area contributed by atoms with Gasteiger partial charge >= 0.3 is 0 Å². The Labute approximate surface area is 177 Å². The largest absolute Gasteiger partial charge is 0.326 e. The number of sulfonamides is 1. The normalized spacial score (nSPS) is 13.7. The summed E-state index contributed by atoms with van der Waals surface area (Å²) in [5.74, 6) is -0.176. The molecular formula is C22H27N3O4S. The summed E-state index contributed by atoms with van der Waals surface area (Å²) in [7, 11) is -3.80. The Hall–Kier alpha value is -2.87. The van der Waals surface area contributed by atoms with Gasteiger partial charge in [-0.2, -0.15) is 0 Å². The first-order valence-corrected chi connectivity index (χ1v) is 11.2. The number of hydrogen-bond donors (Lipinski definition) is 2. The van der Waals surface area contributed by atoms with Gasteiger partial charge in [0.1, 0.15) is 0 Å². The smallest absolute Gasteiger partial charge is 0.262 e. The van der Waals surface area contributed by atoms with Gasteiger partial charge in [0.25, 0.3) is 10.0 Å². The number of carbonyl (C=O) groups excluding carboxylic acids is 2. The first-order chi connectivity index (χ1) is 13.9. The van der Waals surface area contributed by atoms with Crippen LogP contribution in [-0.2, 0) is 26.0 Å². The molecule has 0 aromatic heterocycles. The van der Waals surface area contributed by atoms with E-state index in [0.717, 1.165) is 11.3 Å². The van der Waals surface area contributed by atoms with E-state index in [-0.39, 0.29) is 16.7 Å². The Balaban J connectivity index is 1.84. The van der Waals surface area contributed by atoms with Gasteiger partial charge in [0.05, 0.1) is 4.90 Å². The fourth-order valence-corrected chi connectivity index (χ4v) is 4.80. The van der Waals surface area contributed by atoms with E-state index in [0.29, 0.717) is 29.9 Å². The Morgan fingerprint density at radius 3 is 2.30 bits per heavy atom. The van der Waals surface area contributed by atoms with Gasteiger partial charge in [0, 0.05) is 35.9 Å². The number of hydrogen-bond acceptors (Lipinski definition) is 4. The lowest BCUT2D eigenvalue weighted by Crippen LogP contribution is -2.38. The molecule has 0 saturated carbocycles. The second-order valence-electron chi connectivity index (χ2n) is 8.57. The number of fused-ring (bicyclic) bond motifs is 1. The summed E-state index contributed by atoms with van der Waals surface area (Å²) < 4.78 is 28.4. The second kappa shape index (κ2) is 7.75. The van der Waals surface area contributed by atoms with Crippen molar-refractivity contribution >= 4 is 38.9 Å². The summed E-state index contributed by atoms with van der Waals surface area (Å²) in [5.41, 5.74) is 2.79. The number of nitrogens with zero attached hydrogens (tertiary/aromatic N) is 1. The van der Waals surface area contributed by atoms with Gasteiger partial charge in [0.2, 0.25) is 11.8 Å². The molecule has 2 amide bonds. The highest BCUT2D eigenvalue weighted by molar-refractivity contribution is 7.92. The van der Waals surface area contributed by atoms with Gasteiger partial charge in [-0.25, -0.2) is 8.42 Å². The van der Waals surface area contributed by atoms with Gasteiger partial charge in [-0.05, 0) is 60.9 Å². The number of anilines is 3. The van der Waals surface area contributed by atoms with E-state index >= 15 is 0 Å². The van der Waals surface area contributed by atoms with Crippen molar-refractivity contribution in [1.29, 1.82) is 0 Å². The van der Waals surface area contributed by atoms with Crippen LogP contribution in [0.5, 0.6) is 0 Å². The van der Waals surface area contributed by atoms with Gasteiger partial charge in [-0.15, -0.1) is 0 Å². The third kappa shape index (κ3) is 4.48. The van der Waals surface area contributed by atoms with Crippen molar-refractivity contribution in [3.8, 4) is 0 Å². The molecule has 0 fully saturated rings. The zero-order chi connectivity index (χ0) is 22.3. The molecule has 2 aromatic rings. The summed E-state index contributed by atoms with van der Waals surface area (Å²) in [5, 5.41) is 2.64. The average Bonchev–Trinajstić information content (AvgIpc) is 3.02. The standard InChI is InChI=1S/C22H27N3O4S/c1-14-12-17(23-15(2)26)7-9-20(14)30(28,29)24-18-6-8-19-16(13-18)10-11-25(19)21(27)22(3,4)5/h6-9,12-13,24H,10-11H2,1-5H3,(H,23,26). The van der Waals surface area contributed by atoms with E-state index in [9.17, 15) is 18.0 Å². The van der Waals surface area contributed by atoms with Gasteiger partial charge in [-0.3, -0.25) is 14.3 Å². The second-order valence-corrected chi connectivity index (χ2v) is 10.2. The lowest BCUT2D eigenvalue weighted by atomic mass is 9.94. The van der Waals surface area contributed by atoms with Crippen LogP contribution in [0, 0.1) is 12.3 Å². The van der Waals surface area contributed by atoms with Crippen LogP contribution in [0.1, 0.15) is 38.8 Å². The highest BCUT2D eigenvalue weighted by Gasteiger charge is 2.32. The van der Waals surface area contributed by atoms with Gasteiger partial charge in [0.15, 0.2) is 0 Å². The van der Waals surface area contributed by atoms with Crippen molar-refractivity contribution in [3.63, 3.8) is 0 Å². The highest BCUT2D eigenvalue weighted by atomic mass is 32.2. The van der Waals surface area contributed by atoms with E-state index < -0.39 is 15.4 Å². The molecule has 0 atom stereocenters. The van der Waals surface area contributed by atoms with Crippen LogP contribution in [0.2, 0.25) is 0 Å². The van der Waals surface area contributed by atoms with Crippen LogP contribution in [0.15, 0.2) is 41.3 Å². The third-order valence-electron chi connectivity index (χ3n) is 4.90. The molecule has 0 unspecified atom stereocenters. The molecule has 3 rings (SSSR count). The number of rotatable bonds is 4. The summed E-state index contributed by atoms with van der Waals surface area (Å²) >= 11 is 0. The molecule has 8 heteroatoms. The van der Waals surface area contributed by atoms with Crippen molar-refractivity contribution in [3.05, 3.63) is 47.5 Å². The van der Waals surface area contributed by atoms with Gasteiger partial charge < -0.3 is 10.2 Å². The van der Waals surface area contributed by atoms with Crippen molar-refractivity contribution in [2.45, 2.75) is 45.9 Å². The molecule has 30 heavy (non-hydrogen) atoms. The molecule has 2 N–H and O–H groups in total. The Morgan fingerprint density at radius 1 is 1.03 bits per heavy atom. The molecule has 1 aliphatic rings. The van der Waals surface area contributed by atoms with Crippen molar-refractivity contribution in [1.82, 2.24) is 0 Å². The fourth-order valence-electron chi connectivity index (χ4n) is 3.52. The molecule has 160 valence electrons. The topological polar surface area (TPSA) is 95.6 Å². The maximum Gasteiger partial charge on any atom is 0.262 e. The highest BCUT2D eigenvalue weighted by Crippen LogP contribution is 2.34. The molecule has 0 radical (unpaired) electrons. The third-order valence-corrected chi connectivity index (χ3v) is 6.44. The molecule has 0 aliphatic carbocycles. The van der Waals surface area contributed by atoms with Crippen LogP contribution in [-0.4, -0.2) is 26.8 Å². The van der Waals surface area contributed by atoms with E-state index in [1.54, 1.807) is 42.2 Å². The van der Waals surface area contributed by atoms with Crippen LogP contribution < -0.4 is 14.9 Å². The number of nitrogens with one attached hydrogen (secondary N) is 2. The molecule has 0 spiro atoms. The summed E-state index contributed by atoms with van der Waals surface area (Å²) in [6, 6.07) is 9.89. The first-order valence-electron chi connectivity index (χ1n) is 9.74. The van der Waals surface area contributed by atoms with Crippen molar-refractivity contribution in [2.75, 3.05) is 21.5 Å². The summed E-state index contributed by atoms with van der Waals surface area (Å²) in [6.07, 6.45) is 0.678. The van der Waals surface area contributed by atoms with Crippen molar-refractivity contribution < 1.29 is 18.0 Å². The molecule has 7 nitrogen and oxygen atoms in total. The maximum atomic E-state index is 12.9. The van der Waals surface area contributed by atoms with Crippen LogP contribution in [0.4, 0.5) is 17.1 Å². The van der Waals surface area contributed by atoms with E-state index in [2.05, 4.69) is 10.0 Å². The Morgan fingerprint density at radius 2 is 1.70 bits per heavy atom. The predicted octanol–water partition coefficient (Wildman–Crippen LogP) is 3.69. The minimum absolute atomic E-state index is 0.0458. The lowest BCUT2D eigenvalue weighted by Gasteiger charge is -2.26. The number of amides is 2. The Bertz CT molecular complexity index is 1120. The minimum atomic E-state index is -3.80. The number of benzene rings is 2. The minimum Gasteiger partial charge on any atom is -0.326 e. The van der Waals surface area contributed by atoms with E-state index in [1.165, 1.54) is 13.0 Å². The molecule has 2 aromatic carbocycles. The molecular weight excluding hydrogens is 402 g/mol. The number of carbonyl (C=O) groups is 2. The first kappa shape index (κ1) is 21.8. The lowest BCUT2D eigenvalue weighted by molar-refractivity contribution is -0.125. The quantitative estimate of drug-likeness (QED) is 0.775. The number of aryl methyl sites for hydroxylation is 1. The molecule has 1 aliphatic heterocycles. The molecule has 0 saturated heterocycles. The van der Waals surface area contributed by atoms with Crippen LogP contribution >= 0.6 is 0 Å². The average molecular weight is 430 g/mol. The SMILES string of the molecule is CC(=O)Nc1ccc(S(=O)(=O)Nc2ccc3c(c2)CCN3C(=O)C(C)(C)C)c(C)c1. The molecule has 0 bridgehead atoms. The van der Waals surface area contributed by atoms with Gasteiger partial charge in [-0.1, -0.05) is 20.8 Å². The van der Waals surface area contributed by atoms with Crippen LogP contribution in [0.25, 0.3) is 0 Å². The van der Waals surface area contributed by atoms with E-state index in [1.807, 2.05) is 20.8 Å². The van der Waals surface area contributed by atoms with Crippen molar-refractivity contribution in [2.24, 2.45) is 5.41 Å². The monoisotopic (exact) mass is 429 g/mol. The fraction of sp³-hybridized carbons (Fsp3) is 0.364. The van der Waals surface area contributed by atoms with E-state index in [4.69, 9.17) is 0 Å². The zero-order valence-corrected chi connectivity index (χ0v) is 18.7.